The molecule has 0 aliphatic carbocycles. The molecule has 0 N–H and O–H groups in total. The molecule has 0 unspecified atom stereocenters. The Morgan fingerprint density at radius 2 is 1.48 bits per heavy atom. The summed E-state index contributed by atoms with van der Waals surface area (Å²) in [4.78, 5) is 16.3. The van der Waals surface area contributed by atoms with Gasteiger partial charge in [-0.3, -0.25) is 0 Å². The molecular formula is C28H49N3O7Si2. The molecular weight excluding hydrogens is 546 g/mol. The van der Waals surface area contributed by atoms with Crippen LogP contribution in [0.4, 0.5) is 0 Å². The van der Waals surface area contributed by atoms with Gasteiger partial charge in [0.05, 0.1) is 45.7 Å². The maximum atomic E-state index is 13.2. The molecule has 1 aliphatic heterocycles. The summed E-state index contributed by atoms with van der Waals surface area (Å²) in [5.41, 5.74) is 10.6. The molecule has 0 amide bonds. The molecule has 1 aromatic rings. The number of esters is 1. The summed E-state index contributed by atoms with van der Waals surface area (Å²) >= 11 is 0. The predicted molar refractivity (Wildman–Crippen MR) is 160 cm³/mol. The highest BCUT2D eigenvalue weighted by atomic mass is 28.4. The fourth-order valence-electron chi connectivity index (χ4n) is 3.88. The fraction of sp³-hybridized carbons (Fsp3) is 0.750. The summed E-state index contributed by atoms with van der Waals surface area (Å²) in [6, 6.07) is 6.76. The van der Waals surface area contributed by atoms with Crippen LogP contribution in [0.5, 0.6) is 5.75 Å². The summed E-state index contributed by atoms with van der Waals surface area (Å²) in [5, 5.41) is 3.87. The second-order valence-corrected chi connectivity index (χ2v) is 22.9. The number of nitrogens with zero attached hydrogens (tertiary/aromatic N) is 3. The van der Waals surface area contributed by atoms with E-state index in [9.17, 15) is 10.3 Å². The van der Waals surface area contributed by atoms with Crippen LogP contribution < -0.4 is 4.74 Å². The maximum absolute atomic E-state index is 13.2. The average Bonchev–Trinajstić information content (AvgIpc) is 2.85. The Hall–Kier alpha value is -1.93. The number of rotatable bonds is 11. The second kappa shape index (κ2) is 13.4. The third-order valence-electron chi connectivity index (χ3n) is 8.46. The van der Waals surface area contributed by atoms with Crippen molar-refractivity contribution >= 4 is 22.6 Å². The Labute approximate surface area is 241 Å². The largest absolute Gasteiger partial charge is 0.497 e. The van der Waals surface area contributed by atoms with E-state index in [1.54, 1.807) is 7.11 Å². The Morgan fingerprint density at radius 1 is 0.950 bits per heavy atom. The number of ether oxygens (including phenoxy) is 4. The lowest BCUT2D eigenvalue weighted by atomic mass is 9.93. The quantitative estimate of drug-likeness (QED) is 0.0927. The molecule has 1 aromatic carbocycles. The van der Waals surface area contributed by atoms with Crippen molar-refractivity contribution < 1.29 is 32.6 Å². The normalized spacial score (nSPS) is 24.2. The van der Waals surface area contributed by atoms with Gasteiger partial charge in [-0.1, -0.05) is 58.8 Å². The second-order valence-electron chi connectivity index (χ2n) is 13.4. The average molecular weight is 596 g/mol. The molecule has 1 aliphatic rings. The molecule has 1 fully saturated rings. The molecule has 1 saturated heterocycles. The summed E-state index contributed by atoms with van der Waals surface area (Å²) in [6.07, 6.45) is -3.39. The van der Waals surface area contributed by atoms with Crippen molar-refractivity contribution in [2.24, 2.45) is 5.11 Å². The van der Waals surface area contributed by atoms with Crippen LogP contribution in [0.15, 0.2) is 29.4 Å². The third-order valence-corrected chi connectivity index (χ3v) is 17.4. The highest BCUT2D eigenvalue weighted by Gasteiger charge is 2.55. The Bertz CT molecular complexity index is 1030. The van der Waals surface area contributed by atoms with E-state index in [4.69, 9.17) is 27.8 Å². The topological polar surface area (TPSA) is 121 Å². The van der Waals surface area contributed by atoms with E-state index in [0.29, 0.717) is 6.61 Å². The van der Waals surface area contributed by atoms with E-state index < -0.39 is 53.1 Å². The van der Waals surface area contributed by atoms with Crippen LogP contribution >= 0.6 is 0 Å². The first-order valence-corrected chi connectivity index (χ1v) is 19.5. The van der Waals surface area contributed by atoms with Gasteiger partial charge < -0.3 is 27.8 Å². The van der Waals surface area contributed by atoms with Gasteiger partial charge in [0.15, 0.2) is 22.7 Å². The lowest BCUT2D eigenvalue weighted by Gasteiger charge is -2.51. The summed E-state index contributed by atoms with van der Waals surface area (Å²) in [6.45, 7) is 21.6. The molecule has 0 saturated carbocycles. The zero-order chi connectivity index (χ0) is 30.5. The molecule has 2 rings (SSSR count). The summed E-state index contributed by atoms with van der Waals surface area (Å²) < 4.78 is 36.5. The Kier molecular flexibility index (Phi) is 11.5. The first kappa shape index (κ1) is 34.3. The molecule has 5 atom stereocenters. The monoisotopic (exact) mass is 595 g/mol. The first-order valence-electron chi connectivity index (χ1n) is 13.7. The first-order chi connectivity index (χ1) is 18.4. The number of hydrogen-bond acceptors (Lipinski definition) is 8. The van der Waals surface area contributed by atoms with Crippen molar-refractivity contribution in [3.63, 3.8) is 0 Å². The van der Waals surface area contributed by atoms with E-state index in [1.807, 2.05) is 24.3 Å². The third kappa shape index (κ3) is 8.31. The van der Waals surface area contributed by atoms with Gasteiger partial charge in [0.25, 0.3) is 0 Å². The number of hydrogen-bond donors (Lipinski definition) is 0. The van der Waals surface area contributed by atoms with Crippen LogP contribution in [0.2, 0.25) is 36.3 Å². The van der Waals surface area contributed by atoms with Crippen LogP contribution in [0.1, 0.15) is 47.1 Å². The van der Waals surface area contributed by atoms with Gasteiger partial charge in [0.2, 0.25) is 0 Å². The van der Waals surface area contributed by atoms with Gasteiger partial charge in [0.1, 0.15) is 11.9 Å². The minimum atomic E-state index is -2.44. The van der Waals surface area contributed by atoms with Gasteiger partial charge in [-0.2, -0.15) is 0 Å². The van der Waals surface area contributed by atoms with Crippen LogP contribution in [-0.2, 0) is 34.5 Å². The van der Waals surface area contributed by atoms with Gasteiger partial charge in [-0.05, 0) is 59.5 Å². The molecule has 12 heteroatoms. The number of carbonyl (C=O) groups excluding carboxylic acids is 1. The Balaban J connectivity index is 2.51. The van der Waals surface area contributed by atoms with E-state index >= 15 is 0 Å². The summed E-state index contributed by atoms with van der Waals surface area (Å²) in [5.74, 6) is 0.189. The SMILES string of the molecule is COC(=O)[C@@H]1O[C@H](COCc2ccc(OC)cc2)[C@@H](N=[N+]=[N-])[C@H](O[Si](C)(C)C(C)(C)C)[C@H]1O[Si](C)(C)C(C)(C)C. The van der Waals surface area contributed by atoms with Crippen molar-refractivity contribution in [3.05, 3.63) is 40.3 Å². The molecule has 40 heavy (non-hydrogen) atoms. The molecule has 0 aromatic heterocycles. The van der Waals surface area contributed by atoms with Crippen LogP contribution in [0.25, 0.3) is 10.4 Å². The minimum absolute atomic E-state index is 0.0768. The van der Waals surface area contributed by atoms with E-state index in [2.05, 4.69) is 77.8 Å². The van der Waals surface area contributed by atoms with Crippen molar-refractivity contribution in [3.8, 4) is 5.75 Å². The van der Waals surface area contributed by atoms with Gasteiger partial charge >= 0.3 is 5.97 Å². The van der Waals surface area contributed by atoms with Crippen molar-refractivity contribution in [1.82, 2.24) is 0 Å². The molecule has 10 nitrogen and oxygen atoms in total. The predicted octanol–water partition coefficient (Wildman–Crippen LogP) is 6.61. The van der Waals surface area contributed by atoms with E-state index in [1.165, 1.54) is 7.11 Å². The lowest BCUT2D eigenvalue weighted by Crippen LogP contribution is -2.66. The summed E-state index contributed by atoms with van der Waals surface area (Å²) in [7, 11) is -1.93. The standard InChI is InChI=1S/C28H49N3O7Si2/c1-27(2,3)39(9,10)37-23-22(30-31-29)21(18-35-17-19-13-15-20(33-7)16-14-19)36-25(26(32)34-8)24(23)38-40(11,12)28(4,5)6/h13-16,21-25H,17-18H2,1-12H3/t21-,22-,23+,24-,25-/m1/s1. The number of azide groups is 1. The van der Waals surface area contributed by atoms with Gasteiger partial charge in [0, 0.05) is 4.91 Å². The van der Waals surface area contributed by atoms with Gasteiger partial charge in [-0.25, -0.2) is 4.79 Å². The van der Waals surface area contributed by atoms with Crippen molar-refractivity contribution in [2.45, 2.75) is 115 Å². The highest BCUT2D eigenvalue weighted by molar-refractivity contribution is 6.74. The minimum Gasteiger partial charge on any atom is -0.497 e. The molecule has 0 radical (unpaired) electrons. The molecule has 1 heterocycles. The van der Waals surface area contributed by atoms with Crippen molar-refractivity contribution in [2.75, 3.05) is 20.8 Å². The smallest absolute Gasteiger partial charge is 0.337 e. The maximum Gasteiger partial charge on any atom is 0.337 e. The zero-order valence-corrected chi connectivity index (χ0v) is 28.3. The van der Waals surface area contributed by atoms with Crippen molar-refractivity contribution in [1.29, 1.82) is 0 Å². The number of carbonyl (C=O) groups is 1. The number of benzene rings is 1. The van der Waals surface area contributed by atoms with E-state index in [0.717, 1.165) is 11.3 Å². The number of methoxy groups -OCH3 is 2. The molecule has 0 bridgehead atoms. The highest BCUT2D eigenvalue weighted by Crippen LogP contribution is 2.43. The zero-order valence-electron chi connectivity index (χ0n) is 26.3. The fourth-order valence-corrected chi connectivity index (χ4v) is 6.48. The molecule has 226 valence electrons. The molecule has 0 spiro atoms. The van der Waals surface area contributed by atoms with Gasteiger partial charge in [-0.15, -0.1) is 0 Å². The lowest BCUT2D eigenvalue weighted by molar-refractivity contribution is -0.203. The van der Waals surface area contributed by atoms with Crippen LogP contribution in [0, 0.1) is 0 Å². The van der Waals surface area contributed by atoms with Crippen LogP contribution in [-0.4, -0.2) is 73.9 Å². The van der Waals surface area contributed by atoms with Crippen LogP contribution in [0.3, 0.4) is 0 Å². The Morgan fingerprint density at radius 3 is 1.93 bits per heavy atom. The van der Waals surface area contributed by atoms with E-state index in [-0.39, 0.29) is 16.7 Å².